The van der Waals surface area contributed by atoms with Crippen molar-refractivity contribution in [3.63, 3.8) is 0 Å². The lowest BCUT2D eigenvalue weighted by atomic mass is 10.2. The van der Waals surface area contributed by atoms with Gasteiger partial charge in [0.25, 0.3) is 0 Å². The van der Waals surface area contributed by atoms with Gasteiger partial charge in [0.15, 0.2) is 0 Å². The minimum Gasteiger partial charge on any atom is -0.335 e. The van der Waals surface area contributed by atoms with Crippen LogP contribution in [-0.2, 0) is 14.3 Å². The van der Waals surface area contributed by atoms with Crippen molar-refractivity contribution < 1.29 is 30.6 Å². The maximum atomic E-state index is 11.9. The Labute approximate surface area is 103 Å². The van der Waals surface area contributed by atoms with Gasteiger partial charge in [0.1, 0.15) is 0 Å². The summed E-state index contributed by atoms with van der Waals surface area (Å²) in [7, 11) is -5.92. The lowest BCUT2D eigenvalue weighted by molar-refractivity contribution is -0.0525. The molecule has 0 heterocycles. The number of rotatable bonds is 2. The molecule has 0 fully saturated rings. The molecule has 0 unspecified atom stereocenters. The second kappa shape index (κ2) is 4.65. The van der Waals surface area contributed by atoms with Crippen LogP contribution in [0, 0.1) is 0 Å². The average molecular weight is 333 g/mol. The molecule has 0 aromatic heterocycles. The number of alkyl halides is 3. The van der Waals surface area contributed by atoms with E-state index in [1.807, 2.05) is 0 Å². The quantitative estimate of drug-likeness (QED) is 0.616. The minimum atomic E-state index is -5.92. The van der Waals surface area contributed by atoms with E-state index in [1.165, 1.54) is 12.1 Å². The lowest BCUT2D eigenvalue weighted by Gasteiger charge is -2.07. The summed E-state index contributed by atoms with van der Waals surface area (Å²) in [6.07, 6.45) is 0. The smallest absolute Gasteiger partial charge is 0.335 e. The van der Waals surface area contributed by atoms with Crippen molar-refractivity contribution in [3.05, 3.63) is 34.3 Å². The van der Waals surface area contributed by atoms with Gasteiger partial charge in [0.05, 0.1) is 5.56 Å². The second-order valence-corrected chi connectivity index (χ2v) is 5.23. The molecule has 0 aliphatic rings. The summed E-state index contributed by atoms with van der Waals surface area (Å²) in [5.41, 5.74) is -5.93. The third-order valence-electron chi connectivity index (χ3n) is 1.55. The first-order chi connectivity index (χ1) is 7.63. The summed E-state index contributed by atoms with van der Waals surface area (Å²) in [5.74, 6) is -1.59. The van der Waals surface area contributed by atoms with Gasteiger partial charge >= 0.3 is 21.6 Å². The summed E-state index contributed by atoms with van der Waals surface area (Å²) >= 11 is 3.04. The Morgan fingerprint density at radius 1 is 1.18 bits per heavy atom. The molecule has 0 amide bonds. The van der Waals surface area contributed by atoms with Crippen LogP contribution in [0.2, 0.25) is 0 Å². The molecule has 0 aliphatic heterocycles. The van der Waals surface area contributed by atoms with E-state index in [9.17, 15) is 26.4 Å². The van der Waals surface area contributed by atoms with Crippen LogP contribution in [0.25, 0.3) is 0 Å². The number of hydrogen-bond acceptors (Lipinski definition) is 4. The highest BCUT2D eigenvalue weighted by Crippen LogP contribution is 2.25. The Balaban J connectivity index is 2.91. The molecule has 0 bridgehead atoms. The Morgan fingerprint density at radius 3 is 2.06 bits per heavy atom. The van der Waals surface area contributed by atoms with Crippen LogP contribution in [0.15, 0.2) is 28.7 Å². The molecule has 17 heavy (non-hydrogen) atoms. The van der Waals surface area contributed by atoms with Crippen molar-refractivity contribution in [2.45, 2.75) is 5.51 Å². The third kappa shape index (κ3) is 3.43. The maximum Gasteiger partial charge on any atom is 0.534 e. The first-order valence-corrected chi connectivity index (χ1v) is 6.14. The highest BCUT2D eigenvalue weighted by atomic mass is 79.9. The zero-order chi connectivity index (χ0) is 13.3. The fourth-order valence-corrected chi connectivity index (χ4v) is 1.44. The maximum absolute atomic E-state index is 11.9. The Kier molecular flexibility index (Phi) is 3.82. The molecule has 0 saturated carbocycles. The largest absolute Gasteiger partial charge is 0.534 e. The summed E-state index contributed by atoms with van der Waals surface area (Å²) < 4.78 is 60.8. The Hall–Kier alpha value is -1.09. The number of carbonyl (C=O) groups excluding carboxylic acids is 1. The second-order valence-electron chi connectivity index (χ2n) is 2.78. The van der Waals surface area contributed by atoms with E-state index in [0.717, 1.165) is 12.1 Å². The molecule has 1 aromatic carbocycles. The van der Waals surface area contributed by atoms with E-state index >= 15 is 0 Å². The van der Waals surface area contributed by atoms with Crippen LogP contribution in [0.4, 0.5) is 13.2 Å². The van der Waals surface area contributed by atoms with Gasteiger partial charge in [-0.05, 0) is 24.3 Å². The van der Waals surface area contributed by atoms with E-state index in [0.29, 0.717) is 4.47 Å². The van der Waals surface area contributed by atoms with Gasteiger partial charge < -0.3 is 4.18 Å². The standard InChI is InChI=1S/C8H4BrF3O4S/c9-6-3-1-5(2-4-6)7(13)16-17(14,15)8(10,11)12/h1-4H. The highest BCUT2D eigenvalue weighted by molar-refractivity contribution is 9.10. The average Bonchev–Trinajstić information content (AvgIpc) is 2.16. The first-order valence-electron chi connectivity index (χ1n) is 3.94. The predicted molar refractivity (Wildman–Crippen MR) is 54.5 cm³/mol. The van der Waals surface area contributed by atoms with E-state index in [4.69, 9.17) is 0 Å². The highest BCUT2D eigenvalue weighted by Gasteiger charge is 2.49. The van der Waals surface area contributed by atoms with Crippen LogP contribution in [0.3, 0.4) is 0 Å². The normalized spacial score (nSPS) is 12.2. The molecule has 94 valence electrons. The minimum absolute atomic E-state index is 0.305. The summed E-state index contributed by atoms with van der Waals surface area (Å²) in [4.78, 5) is 11.1. The SMILES string of the molecule is O=C(OS(=O)(=O)C(F)(F)F)c1ccc(Br)cc1. The van der Waals surface area contributed by atoms with Crippen molar-refractivity contribution in [3.8, 4) is 0 Å². The van der Waals surface area contributed by atoms with E-state index in [2.05, 4.69) is 20.1 Å². The van der Waals surface area contributed by atoms with E-state index < -0.39 is 21.6 Å². The van der Waals surface area contributed by atoms with Crippen molar-refractivity contribution >= 4 is 32.0 Å². The summed E-state index contributed by atoms with van der Waals surface area (Å²) in [5, 5.41) is 0. The van der Waals surface area contributed by atoms with Crippen LogP contribution >= 0.6 is 15.9 Å². The third-order valence-corrected chi connectivity index (χ3v) is 3.02. The molecular weight excluding hydrogens is 329 g/mol. The van der Waals surface area contributed by atoms with Gasteiger partial charge in [-0.25, -0.2) is 4.79 Å². The van der Waals surface area contributed by atoms with Crippen LogP contribution < -0.4 is 0 Å². The van der Waals surface area contributed by atoms with Gasteiger partial charge in [0, 0.05) is 4.47 Å². The fourth-order valence-electron chi connectivity index (χ4n) is 0.781. The van der Waals surface area contributed by atoms with Gasteiger partial charge in [-0.1, -0.05) is 15.9 Å². The van der Waals surface area contributed by atoms with Crippen molar-refractivity contribution in [2.24, 2.45) is 0 Å². The van der Waals surface area contributed by atoms with Crippen LogP contribution in [0.5, 0.6) is 0 Å². The molecule has 0 spiro atoms. The molecule has 0 radical (unpaired) electrons. The molecule has 1 rings (SSSR count). The first kappa shape index (κ1) is 14.0. The number of benzene rings is 1. The number of carbonyl (C=O) groups is 1. The zero-order valence-corrected chi connectivity index (χ0v) is 10.3. The number of hydrogen-bond donors (Lipinski definition) is 0. The zero-order valence-electron chi connectivity index (χ0n) is 7.86. The molecule has 4 nitrogen and oxygen atoms in total. The molecular formula is C8H4BrF3O4S. The van der Waals surface area contributed by atoms with E-state index in [1.54, 1.807) is 0 Å². The fraction of sp³-hybridized carbons (Fsp3) is 0.125. The topological polar surface area (TPSA) is 60.4 Å². The van der Waals surface area contributed by atoms with Gasteiger partial charge in [-0.15, -0.1) is 0 Å². The lowest BCUT2D eigenvalue weighted by Crippen LogP contribution is -2.28. The van der Waals surface area contributed by atoms with Gasteiger partial charge in [-0.3, -0.25) is 0 Å². The summed E-state index contributed by atoms with van der Waals surface area (Å²) in [6, 6.07) is 4.96. The molecule has 0 aliphatic carbocycles. The molecule has 0 atom stereocenters. The van der Waals surface area contributed by atoms with Crippen LogP contribution in [0.1, 0.15) is 10.4 Å². The molecule has 0 N–H and O–H groups in total. The molecule has 1 aromatic rings. The predicted octanol–water partition coefficient (Wildman–Crippen LogP) is 2.46. The van der Waals surface area contributed by atoms with Gasteiger partial charge in [0.2, 0.25) is 0 Å². The Bertz CT molecular complexity index is 521. The monoisotopic (exact) mass is 332 g/mol. The van der Waals surface area contributed by atoms with Crippen LogP contribution in [-0.4, -0.2) is 19.9 Å². The summed E-state index contributed by atoms with van der Waals surface area (Å²) in [6.45, 7) is 0. The van der Waals surface area contributed by atoms with Crippen molar-refractivity contribution in [2.75, 3.05) is 0 Å². The number of halogens is 4. The Morgan fingerprint density at radius 2 is 1.65 bits per heavy atom. The van der Waals surface area contributed by atoms with Crippen molar-refractivity contribution in [1.82, 2.24) is 0 Å². The van der Waals surface area contributed by atoms with Crippen molar-refractivity contribution in [1.29, 1.82) is 0 Å². The van der Waals surface area contributed by atoms with E-state index in [-0.39, 0.29) is 5.56 Å². The molecule has 9 heteroatoms. The van der Waals surface area contributed by atoms with Gasteiger partial charge in [-0.2, -0.15) is 21.6 Å². The molecule has 0 saturated heterocycles.